The van der Waals surface area contributed by atoms with Crippen molar-refractivity contribution in [3.05, 3.63) is 64.7 Å². The Morgan fingerprint density at radius 2 is 1.73 bits per heavy atom. The zero-order valence-electron chi connectivity index (χ0n) is 15.1. The molecule has 140 valence electrons. The molecule has 0 unspecified atom stereocenters. The first-order valence-electron chi connectivity index (χ1n) is 8.46. The molecular formula is C19H23ClN2O3S. The van der Waals surface area contributed by atoms with Gasteiger partial charge in [-0.05, 0) is 30.7 Å². The number of rotatable bonds is 7. The van der Waals surface area contributed by atoms with Gasteiger partial charge in [-0.3, -0.25) is 4.79 Å². The van der Waals surface area contributed by atoms with Gasteiger partial charge in [0.05, 0.1) is 11.1 Å². The van der Waals surface area contributed by atoms with Crippen LogP contribution >= 0.6 is 11.6 Å². The van der Waals surface area contributed by atoms with Gasteiger partial charge in [0, 0.05) is 18.7 Å². The quantitative estimate of drug-likeness (QED) is 0.775. The van der Waals surface area contributed by atoms with E-state index in [-0.39, 0.29) is 27.4 Å². The van der Waals surface area contributed by atoms with Crippen LogP contribution in [0.15, 0.2) is 53.4 Å². The molecule has 1 amide bonds. The zero-order valence-corrected chi connectivity index (χ0v) is 16.6. The lowest BCUT2D eigenvalue weighted by Crippen LogP contribution is -2.31. The minimum Gasteiger partial charge on any atom is -0.346 e. The first kappa shape index (κ1) is 20.4. The van der Waals surface area contributed by atoms with Crippen molar-refractivity contribution >= 4 is 27.5 Å². The van der Waals surface area contributed by atoms with Gasteiger partial charge in [0.15, 0.2) is 0 Å². The second-order valence-corrected chi connectivity index (χ2v) is 8.15. The molecule has 0 fully saturated rings. The maximum Gasteiger partial charge on any atom is 0.251 e. The number of halogens is 1. The van der Waals surface area contributed by atoms with Crippen molar-refractivity contribution in [2.24, 2.45) is 0 Å². The number of nitrogens with zero attached hydrogens (tertiary/aromatic N) is 1. The SMILES string of the molecule is CCN(CC)S(=O)(=O)c1cc(C(=O)N[C@H](C)c2ccccc2)ccc1Cl. The molecule has 1 N–H and O–H groups in total. The fourth-order valence-electron chi connectivity index (χ4n) is 2.65. The Labute approximate surface area is 160 Å². The van der Waals surface area contributed by atoms with Crippen molar-refractivity contribution in [2.45, 2.75) is 31.7 Å². The molecule has 1 atom stereocenters. The lowest BCUT2D eigenvalue weighted by Gasteiger charge is -2.20. The summed E-state index contributed by atoms with van der Waals surface area (Å²) in [7, 11) is -3.75. The normalized spacial score (nSPS) is 12.8. The maximum absolute atomic E-state index is 12.7. The van der Waals surface area contributed by atoms with E-state index in [2.05, 4.69) is 5.32 Å². The van der Waals surface area contributed by atoms with Crippen LogP contribution < -0.4 is 5.32 Å². The highest BCUT2D eigenvalue weighted by Crippen LogP contribution is 2.26. The molecule has 0 saturated heterocycles. The van der Waals surface area contributed by atoms with Crippen molar-refractivity contribution in [2.75, 3.05) is 13.1 Å². The largest absolute Gasteiger partial charge is 0.346 e. The van der Waals surface area contributed by atoms with E-state index in [1.807, 2.05) is 37.3 Å². The summed E-state index contributed by atoms with van der Waals surface area (Å²) in [6.45, 7) is 6.05. The van der Waals surface area contributed by atoms with Crippen molar-refractivity contribution in [3.63, 3.8) is 0 Å². The van der Waals surface area contributed by atoms with Crippen LogP contribution in [0, 0.1) is 0 Å². The van der Waals surface area contributed by atoms with Crippen LogP contribution in [0.3, 0.4) is 0 Å². The molecule has 0 heterocycles. The van der Waals surface area contributed by atoms with E-state index in [0.29, 0.717) is 13.1 Å². The van der Waals surface area contributed by atoms with E-state index < -0.39 is 10.0 Å². The molecule has 2 aromatic rings. The molecular weight excluding hydrogens is 372 g/mol. The number of hydrogen-bond donors (Lipinski definition) is 1. The van der Waals surface area contributed by atoms with Gasteiger partial charge >= 0.3 is 0 Å². The molecule has 0 aliphatic heterocycles. The summed E-state index contributed by atoms with van der Waals surface area (Å²) in [6.07, 6.45) is 0. The van der Waals surface area contributed by atoms with Crippen LogP contribution in [0.5, 0.6) is 0 Å². The molecule has 7 heteroatoms. The number of nitrogens with one attached hydrogen (secondary N) is 1. The third-order valence-corrected chi connectivity index (χ3v) is 6.70. The molecule has 0 spiro atoms. The van der Waals surface area contributed by atoms with Crippen LogP contribution in [0.2, 0.25) is 5.02 Å². The minimum absolute atomic E-state index is 0.0529. The van der Waals surface area contributed by atoms with E-state index >= 15 is 0 Å². The predicted octanol–water partition coefficient (Wildman–Crippen LogP) is 3.86. The molecule has 0 radical (unpaired) electrons. The fourth-order valence-corrected chi connectivity index (χ4v) is 4.61. The Morgan fingerprint density at radius 3 is 2.31 bits per heavy atom. The fraction of sp³-hybridized carbons (Fsp3) is 0.316. The Hall–Kier alpha value is -1.89. The highest BCUT2D eigenvalue weighted by molar-refractivity contribution is 7.89. The van der Waals surface area contributed by atoms with Gasteiger partial charge < -0.3 is 5.32 Å². The third-order valence-electron chi connectivity index (χ3n) is 4.16. The number of carbonyl (C=O) groups is 1. The monoisotopic (exact) mass is 394 g/mol. The van der Waals surface area contributed by atoms with Crippen LogP contribution in [0.1, 0.15) is 42.7 Å². The molecule has 0 saturated carbocycles. The number of sulfonamides is 1. The molecule has 26 heavy (non-hydrogen) atoms. The van der Waals surface area contributed by atoms with E-state index in [0.717, 1.165) is 5.56 Å². The summed E-state index contributed by atoms with van der Waals surface area (Å²) in [4.78, 5) is 12.5. The summed E-state index contributed by atoms with van der Waals surface area (Å²) in [5.41, 5.74) is 1.22. The highest BCUT2D eigenvalue weighted by Gasteiger charge is 2.25. The molecule has 5 nitrogen and oxygen atoms in total. The van der Waals surface area contributed by atoms with Crippen molar-refractivity contribution in [1.82, 2.24) is 9.62 Å². The molecule has 0 aliphatic carbocycles. The second-order valence-electron chi connectivity index (χ2n) is 5.84. The molecule has 0 aliphatic rings. The molecule has 2 rings (SSSR count). The smallest absolute Gasteiger partial charge is 0.251 e. The molecule has 0 aromatic heterocycles. The van der Waals surface area contributed by atoms with Crippen molar-refractivity contribution in [3.8, 4) is 0 Å². The lowest BCUT2D eigenvalue weighted by molar-refractivity contribution is 0.0939. The Balaban J connectivity index is 2.30. The van der Waals surface area contributed by atoms with Gasteiger partial charge in [-0.1, -0.05) is 55.8 Å². The van der Waals surface area contributed by atoms with Gasteiger partial charge in [-0.2, -0.15) is 4.31 Å². The number of carbonyl (C=O) groups excluding carboxylic acids is 1. The summed E-state index contributed by atoms with van der Waals surface area (Å²) in [5, 5.41) is 2.98. The maximum atomic E-state index is 12.7. The van der Waals surface area contributed by atoms with Crippen LogP contribution in [0.25, 0.3) is 0 Å². The van der Waals surface area contributed by atoms with E-state index in [1.165, 1.54) is 22.5 Å². The summed E-state index contributed by atoms with van der Waals surface area (Å²) < 4.78 is 26.8. The first-order chi connectivity index (χ1) is 12.3. The topological polar surface area (TPSA) is 66.5 Å². The van der Waals surface area contributed by atoms with Crippen molar-refractivity contribution in [1.29, 1.82) is 0 Å². The number of hydrogen-bond acceptors (Lipinski definition) is 3. The summed E-state index contributed by atoms with van der Waals surface area (Å²) in [6, 6.07) is 13.6. The van der Waals surface area contributed by atoms with Crippen LogP contribution in [0.4, 0.5) is 0 Å². The van der Waals surface area contributed by atoms with Crippen molar-refractivity contribution < 1.29 is 13.2 Å². The minimum atomic E-state index is -3.75. The first-order valence-corrected chi connectivity index (χ1v) is 10.3. The van der Waals surface area contributed by atoms with Crippen LogP contribution in [-0.4, -0.2) is 31.7 Å². The summed E-state index contributed by atoms with van der Waals surface area (Å²) >= 11 is 6.11. The van der Waals surface area contributed by atoms with Gasteiger partial charge in [0.1, 0.15) is 4.90 Å². The van der Waals surface area contributed by atoms with Gasteiger partial charge in [0.2, 0.25) is 10.0 Å². The Kier molecular flexibility index (Phi) is 6.81. The predicted molar refractivity (Wildman–Crippen MR) is 104 cm³/mol. The molecule has 0 bridgehead atoms. The molecule has 2 aromatic carbocycles. The van der Waals surface area contributed by atoms with Gasteiger partial charge in [-0.25, -0.2) is 8.42 Å². The van der Waals surface area contributed by atoms with Gasteiger partial charge in [0.25, 0.3) is 5.91 Å². The van der Waals surface area contributed by atoms with E-state index in [9.17, 15) is 13.2 Å². The average molecular weight is 395 g/mol. The zero-order chi connectivity index (χ0) is 19.3. The van der Waals surface area contributed by atoms with E-state index in [1.54, 1.807) is 13.8 Å². The second kappa shape index (κ2) is 8.66. The Morgan fingerprint density at radius 1 is 1.12 bits per heavy atom. The average Bonchev–Trinajstić information content (AvgIpc) is 2.63. The number of benzene rings is 2. The lowest BCUT2D eigenvalue weighted by atomic mass is 10.1. The third kappa shape index (κ3) is 4.44. The number of amides is 1. The standard InChI is InChI=1S/C19H23ClN2O3S/c1-4-22(5-2)26(24,25)18-13-16(11-12-17(18)20)19(23)21-14(3)15-9-7-6-8-10-15/h6-14H,4-5H2,1-3H3,(H,21,23)/t14-/m1/s1. The summed E-state index contributed by atoms with van der Waals surface area (Å²) in [5.74, 6) is -0.353. The van der Waals surface area contributed by atoms with Crippen LogP contribution in [-0.2, 0) is 10.0 Å². The van der Waals surface area contributed by atoms with E-state index in [4.69, 9.17) is 11.6 Å². The highest BCUT2D eigenvalue weighted by atomic mass is 35.5. The Bertz CT molecular complexity index is 866. The van der Waals surface area contributed by atoms with Gasteiger partial charge in [-0.15, -0.1) is 0 Å².